The molecule has 0 aliphatic rings. The van der Waals surface area contributed by atoms with E-state index in [-0.39, 0.29) is 11.1 Å². The molecule has 0 radical (unpaired) electrons. The van der Waals surface area contributed by atoms with Crippen molar-refractivity contribution in [3.8, 4) is 0 Å². The van der Waals surface area contributed by atoms with E-state index in [9.17, 15) is 31.9 Å². The summed E-state index contributed by atoms with van der Waals surface area (Å²) in [7, 11) is 0. The van der Waals surface area contributed by atoms with Crippen LogP contribution in [0.1, 0.15) is 57.2 Å². The first-order valence-corrected chi connectivity index (χ1v) is 10.6. The molecule has 0 spiro atoms. The fourth-order valence-corrected chi connectivity index (χ4v) is 2.68. The molecule has 1 amide bonds. The van der Waals surface area contributed by atoms with E-state index >= 15 is 0 Å². The number of hydrogen-bond donors (Lipinski definition) is 2. The van der Waals surface area contributed by atoms with Crippen molar-refractivity contribution < 1.29 is 37.1 Å². The van der Waals surface area contributed by atoms with E-state index in [1.807, 2.05) is 13.8 Å². The Morgan fingerprint density at radius 1 is 1.11 bits per heavy atom. The maximum atomic E-state index is 13.2. The van der Waals surface area contributed by atoms with Gasteiger partial charge < -0.3 is 10.4 Å². The zero-order chi connectivity index (χ0) is 27.3. The van der Waals surface area contributed by atoms with Crippen LogP contribution in [0, 0.1) is 0 Å². The van der Waals surface area contributed by atoms with Crippen LogP contribution in [-0.4, -0.2) is 45.3 Å². The van der Waals surface area contributed by atoms with Gasteiger partial charge in [0.05, 0.1) is 24.1 Å². The van der Waals surface area contributed by atoms with Gasteiger partial charge in [0, 0.05) is 18.7 Å². The van der Waals surface area contributed by atoms with E-state index in [4.69, 9.17) is 9.90 Å². The minimum Gasteiger partial charge on any atom is -0.481 e. The van der Waals surface area contributed by atoms with Gasteiger partial charge in [-0.05, 0) is 31.5 Å². The maximum absolute atomic E-state index is 13.2. The number of carbonyl (C=O) groups is 3. The fourth-order valence-electron chi connectivity index (χ4n) is 2.68. The Balaban J connectivity index is 0.00000174. The highest BCUT2D eigenvalue weighted by Gasteiger charge is 2.33. The summed E-state index contributed by atoms with van der Waals surface area (Å²) in [6, 6.07) is 5.01. The third kappa shape index (κ3) is 10.1. The number of carbonyl (C=O) groups excluding carboxylic acids is 2. The predicted molar refractivity (Wildman–Crippen MR) is 121 cm³/mol. The van der Waals surface area contributed by atoms with E-state index in [2.05, 4.69) is 10.4 Å². The number of nitrogens with one attached hydrogen (secondary N) is 1. The summed E-state index contributed by atoms with van der Waals surface area (Å²) in [5, 5.41) is 13.5. The molecule has 8 nitrogen and oxygen atoms in total. The molecule has 1 aromatic heterocycles. The standard InChI is InChI=1S/C19H19F4N3O3.C2H4O2.C2H6/c1-11(17(28)25-12(2)16(27)9-20)14-7-8-24-26(18(14)29)10-13-5-3-4-6-15(13)19(21,22)23;1-2(3)4;1-2/h3-8,11-12H,9-10H2,1-2H3,(H,25,28);1H3,(H,3,4);1-2H3. The van der Waals surface area contributed by atoms with Gasteiger partial charge in [-0.25, -0.2) is 9.07 Å². The molecule has 2 rings (SSSR count). The van der Waals surface area contributed by atoms with E-state index in [1.54, 1.807) is 0 Å². The van der Waals surface area contributed by atoms with Gasteiger partial charge in [-0.2, -0.15) is 18.3 Å². The molecule has 2 atom stereocenters. The molecule has 2 aromatic rings. The summed E-state index contributed by atoms with van der Waals surface area (Å²) in [5.41, 5.74) is -1.78. The first-order chi connectivity index (χ1) is 16.3. The van der Waals surface area contributed by atoms with Gasteiger partial charge in [-0.1, -0.05) is 32.0 Å². The topological polar surface area (TPSA) is 118 Å². The molecule has 0 aliphatic heterocycles. The lowest BCUT2D eigenvalue weighted by Crippen LogP contribution is -2.42. The summed E-state index contributed by atoms with van der Waals surface area (Å²) < 4.78 is 52.7. The van der Waals surface area contributed by atoms with Crippen LogP contribution < -0.4 is 10.9 Å². The highest BCUT2D eigenvalue weighted by atomic mass is 19.4. The van der Waals surface area contributed by atoms with E-state index in [0.717, 1.165) is 17.7 Å². The summed E-state index contributed by atoms with van der Waals surface area (Å²) in [6.45, 7) is 6.11. The predicted octanol–water partition coefficient (Wildman–Crippen LogP) is 3.57. The number of aromatic nitrogens is 2. The van der Waals surface area contributed by atoms with Crippen LogP contribution in [0.15, 0.2) is 41.3 Å². The van der Waals surface area contributed by atoms with Crippen LogP contribution in [0.2, 0.25) is 0 Å². The number of halogens is 4. The number of carboxylic acids is 1. The van der Waals surface area contributed by atoms with Crippen molar-refractivity contribution in [2.45, 2.75) is 59.3 Å². The Morgan fingerprint density at radius 3 is 2.17 bits per heavy atom. The molecule has 0 aliphatic carbocycles. The van der Waals surface area contributed by atoms with Crippen LogP contribution in [0.5, 0.6) is 0 Å². The molecule has 1 aromatic carbocycles. The van der Waals surface area contributed by atoms with Crippen molar-refractivity contribution in [2.75, 3.05) is 6.67 Å². The molecule has 2 N–H and O–H groups in total. The van der Waals surface area contributed by atoms with E-state index < -0.39 is 60.1 Å². The van der Waals surface area contributed by atoms with Gasteiger partial charge in [0.15, 0.2) is 5.78 Å². The number of rotatable bonds is 7. The molecule has 35 heavy (non-hydrogen) atoms. The summed E-state index contributed by atoms with van der Waals surface area (Å²) in [5.74, 6) is -3.37. The Morgan fingerprint density at radius 2 is 1.66 bits per heavy atom. The van der Waals surface area contributed by atoms with Crippen LogP contribution in [0.25, 0.3) is 0 Å². The normalized spacial score (nSPS) is 12.1. The number of Topliss-reactive ketones (excluding diaryl/α,β-unsaturated/α-hetero) is 1. The van der Waals surface area contributed by atoms with E-state index in [0.29, 0.717) is 0 Å². The monoisotopic (exact) mass is 503 g/mol. The fraction of sp³-hybridized carbons (Fsp3) is 0.435. The molecular formula is C23H29F4N3O5. The quantitative estimate of drug-likeness (QED) is 0.558. The summed E-state index contributed by atoms with van der Waals surface area (Å²) in [4.78, 5) is 45.2. The molecular weight excluding hydrogens is 474 g/mol. The second kappa shape index (κ2) is 14.6. The molecule has 194 valence electrons. The number of nitrogens with zero attached hydrogens (tertiary/aromatic N) is 2. The molecule has 2 unspecified atom stereocenters. The van der Waals surface area contributed by atoms with Gasteiger partial charge in [-0.15, -0.1) is 0 Å². The zero-order valence-electron chi connectivity index (χ0n) is 20.0. The Hall–Kier alpha value is -3.57. The molecule has 1 heterocycles. The average molecular weight is 503 g/mol. The molecule has 0 saturated carbocycles. The lowest BCUT2D eigenvalue weighted by atomic mass is 10.0. The summed E-state index contributed by atoms with van der Waals surface area (Å²) in [6.07, 6.45) is -3.39. The lowest BCUT2D eigenvalue weighted by molar-refractivity contribution is -0.138. The van der Waals surface area contributed by atoms with Gasteiger partial charge in [0.1, 0.15) is 6.67 Å². The van der Waals surface area contributed by atoms with Crippen molar-refractivity contribution in [3.05, 3.63) is 63.6 Å². The van der Waals surface area contributed by atoms with E-state index in [1.165, 1.54) is 44.3 Å². The average Bonchev–Trinajstić information content (AvgIpc) is 2.80. The maximum Gasteiger partial charge on any atom is 0.416 e. The number of aliphatic carboxylic acids is 1. The molecule has 0 fully saturated rings. The first-order valence-electron chi connectivity index (χ1n) is 10.6. The highest BCUT2D eigenvalue weighted by Crippen LogP contribution is 2.32. The van der Waals surface area contributed by atoms with Crippen LogP contribution in [0.3, 0.4) is 0 Å². The molecule has 0 bridgehead atoms. The van der Waals surface area contributed by atoms with Crippen LogP contribution >= 0.6 is 0 Å². The van der Waals surface area contributed by atoms with Crippen LogP contribution in [-0.2, 0) is 27.1 Å². The third-order valence-electron chi connectivity index (χ3n) is 4.42. The Labute approximate surface area is 200 Å². The van der Waals surface area contributed by atoms with Crippen molar-refractivity contribution in [2.24, 2.45) is 0 Å². The number of ketones is 1. The van der Waals surface area contributed by atoms with Gasteiger partial charge in [-0.3, -0.25) is 19.2 Å². The number of amides is 1. The van der Waals surface area contributed by atoms with Crippen molar-refractivity contribution in [1.82, 2.24) is 15.1 Å². The lowest BCUT2D eigenvalue weighted by Gasteiger charge is -2.17. The summed E-state index contributed by atoms with van der Waals surface area (Å²) >= 11 is 0. The number of hydrogen-bond acceptors (Lipinski definition) is 5. The van der Waals surface area contributed by atoms with Crippen molar-refractivity contribution >= 4 is 17.7 Å². The van der Waals surface area contributed by atoms with Crippen molar-refractivity contribution in [3.63, 3.8) is 0 Å². The number of benzene rings is 1. The van der Waals surface area contributed by atoms with Crippen LogP contribution in [0.4, 0.5) is 17.6 Å². The minimum absolute atomic E-state index is 0.0121. The number of alkyl halides is 4. The third-order valence-corrected chi connectivity index (χ3v) is 4.42. The minimum atomic E-state index is -4.59. The molecule has 0 saturated heterocycles. The first kappa shape index (κ1) is 31.4. The Bertz CT molecular complexity index is 1050. The van der Waals surface area contributed by atoms with Gasteiger partial charge in [0.2, 0.25) is 5.91 Å². The second-order valence-corrected chi connectivity index (χ2v) is 6.98. The zero-order valence-corrected chi connectivity index (χ0v) is 20.0. The SMILES string of the molecule is CC.CC(=O)O.CC(NC(=O)C(C)c1ccnn(Cc2ccccc2C(F)(F)F)c1=O)C(=O)CF. The molecule has 12 heteroatoms. The number of carboxylic acid groups (broad SMARTS) is 1. The smallest absolute Gasteiger partial charge is 0.416 e. The second-order valence-electron chi connectivity index (χ2n) is 6.98. The van der Waals surface area contributed by atoms with Crippen molar-refractivity contribution in [1.29, 1.82) is 0 Å². The van der Waals surface area contributed by atoms with Gasteiger partial charge in [0.25, 0.3) is 11.5 Å². The van der Waals surface area contributed by atoms with Gasteiger partial charge >= 0.3 is 6.18 Å². The Kier molecular flexibility index (Phi) is 13.1. The highest BCUT2D eigenvalue weighted by molar-refractivity contribution is 5.91. The largest absolute Gasteiger partial charge is 0.481 e.